The molecule has 0 atom stereocenters. The standard InChI is InChI=1S/C22H18F3N3O4S/c1-13-11-15(18-5-3-4-6-19(18)26-13)12-27-14(2)20(29)28(21(27)30)16-7-9-17(10-8-16)33(31,32)22(23,24)25/h3-11,29H,12H2,1-2H3. The van der Waals surface area contributed by atoms with E-state index in [-0.39, 0.29) is 17.9 Å². The number of sulfone groups is 1. The second-order valence-corrected chi connectivity index (χ2v) is 9.44. The monoisotopic (exact) mass is 477 g/mol. The second kappa shape index (κ2) is 7.77. The summed E-state index contributed by atoms with van der Waals surface area (Å²) in [4.78, 5) is 16.6. The van der Waals surface area contributed by atoms with Gasteiger partial charge in [-0.1, -0.05) is 18.2 Å². The van der Waals surface area contributed by atoms with E-state index in [0.717, 1.165) is 51.0 Å². The van der Waals surface area contributed by atoms with Gasteiger partial charge in [0, 0.05) is 11.1 Å². The molecule has 2 heterocycles. The Morgan fingerprint density at radius 2 is 1.67 bits per heavy atom. The number of imidazole rings is 1. The van der Waals surface area contributed by atoms with Crippen molar-refractivity contribution in [2.45, 2.75) is 30.8 Å². The van der Waals surface area contributed by atoms with Gasteiger partial charge >= 0.3 is 11.2 Å². The lowest BCUT2D eigenvalue weighted by molar-refractivity contribution is -0.0436. The second-order valence-electron chi connectivity index (χ2n) is 7.50. The maximum Gasteiger partial charge on any atom is 0.501 e. The quantitative estimate of drug-likeness (QED) is 0.482. The third kappa shape index (κ3) is 3.78. The SMILES string of the molecule is Cc1cc(Cn2c(C)c(O)n(-c3ccc(S(=O)(=O)C(F)(F)F)cc3)c2=O)c2ccccc2n1. The van der Waals surface area contributed by atoms with E-state index < -0.39 is 31.8 Å². The van der Waals surface area contributed by atoms with Crippen LogP contribution in [0.25, 0.3) is 16.6 Å². The summed E-state index contributed by atoms with van der Waals surface area (Å²) in [5, 5.41) is 11.4. The molecule has 0 aliphatic rings. The van der Waals surface area contributed by atoms with Gasteiger partial charge in [-0.05, 0) is 55.8 Å². The Morgan fingerprint density at radius 3 is 2.30 bits per heavy atom. The molecule has 2 aromatic carbocycles. The number of benzene rings is 2. The maximum absolute atomic E-state index is 13.1. The minimum absolute atomic E-state index is 0.0243. The van der Waals surface area contributed by atoms with Crippen molar-refractivity contribution in [3.05, 3.63) is 82.0 Å². The van der Waals surface area contributed by atoms with E-state index in [2.05, 4.69) is 4.98 Å². The van der Waals surface area contributed by atoms with Crippen LogP contribution >= 0.6 is 0 Å². The lowest BCUT2D eigenvalue weighted by Crippen LogP contribution is -2.25. The molecule has 33 heavy (non-hydrogen) atoms. The molecule has 172 valence electrons. The molecule has 0 spiro atoms. The number of fused-ring (bicyclic) bond motifs is 1. The highest BCUT2D eigenvalue weighted by molar-refractivity contribution is 7.92. The van der Waals surface area contributed by atoms with Crippen LogP contribution in [0.1, 0.15) is 17.0 Å². The number of para-hydroxylation sites is 1. The number of halogens is 3. The van der Waals surface area contributed by atoms with Gasteiger partial charge in [0.05, 0.1) is 28.3 Å². The molecule has 0 radical (unpaired) electrons. The minimum atomic E-state index is -5.53. The van der Waals surface area contributed by atoms with Crippen molar-refractivity contribution in [3.63, 3.8) is 0 Å². The molecular formula is C22H18F3N3O4S. The summed E-state index contributed by atoms with van der Waals surface area (Å²) in [7, 11) is -5.53. The molecule has 1 N–H and O–H groups in total. The van der Waals surface area contributed by atoms with Gasteiger partial charge in [-0.15, -0.1) is 0 Å². The van der Waals surface area contributed by atoms with E-state index in [1.165, 1.54) is 11.5 Å². The number of hydrogen-bond acceptors (Lipinski definition) is 5. The molecule has 0 bridgehead atoms. The summed E-state index contributed by atoms with van der Waals surface area (Å²) >= 11 is 0. The number of pyridine rings is 1. The predicted molar refractivity (Wildman–Crippen MR) is 115 cm³/mol. The van der Waals surface area contributed by atoms with Crippen molar-refractivity contribution >= 4 is 20.7 Å². The van der Waals surface area contributed by atoms with Crippen molar-refractivity contribution in [2.24, 2.45) is 0 Å². The van der Waals surface area contributed by atoms with Gasteiger partial charge in [-0.2, -0.15) is 13.2 Å². The van der Waals surface area contributed by atoms with E-state index in [1.807, 2.05) is 37.3 Å². The number of rotatable bonds is 4. The summed E-state index contributed by atoms with van der Waals surface area (Å²) in [5.74, 6) is -0.401. The molecule has 2 aromatic heterocycles. The third-order valence-corrected chi connectivity index (χ3v) is 6.83. The number of aryl methyl sites for hydroxylation is 1. The third-order valence-electron chi connectivity index (χ3n) is 5.33. The molecule has 0 saturated carbocycles. The fourth-order valence-electron chi connectivity index (χ4n) is 3.66. The number of nitrogens with zero attached hydrogens (tertiary/aromatic N) is 3. The van der Waals surface area contributed by atoms with Gasteiger partial charge in [-0.25, -0.2) is 17.8 Å². The van der Waals surface area contributed by atoms with Crippen LogP contribution in [-0.2, 0) is 16.4 Å². The normalized spacial score (nSPS) is 12.4. The largest absolute Gasteiger partial charge is 0.501 e. The predicted octanol–water partition coefficient (Wildman–Crippen LogP) is 3.85. The molecule has 0 aliphatic heterocycles. The van der Waals surface area contributed by atoms with Crippen molar-refractivity contribution in [3.8, 4) is 11.6 Å². The van der Waals surface area contributed by atoms with Gasteiger partial charge in [0.25, 0.3) is 9.84 Å². The van der Waals surface area contributed by atoms with E-state index in [4.69, 9.17) is 0 Å². The molecule has 0 amide bonds. The van der Waals surface area contributed by atoms with Crippen molar-refractivity contribution in [2.75, 3.05) is 0 Å². The van der Waals surface area contributed by atoms with Crippen molar-refractivity contribution in [1.82, 2.24) is 14.1 Å². The Kier molecular flexibility index (Phi) is 5.32. The molecule has 0 aliphatic carbocycles. The van der Waals surface area contributed by atoms with Crippen LogP contribution in [0, 0.1) is 13.8 Å². The lowest BCUT2D eigenvalue weighted by atomic mass is 10.1. The zero-order valence-electron chi connectivity index (χ0n) is 17.5. The van der Waals surface area contributed by atoms with Gasteiger partial charge in [0.15, 0.2) is 0 Å². The molecular weight excluding hydrogens is 459 g/mol. The number of alkyl halides is 3. The Hall–Kier alpha value is -3.60. The van der Waals surface area contributed by atoms with E-state index >= 15 is 0 Å². The van der Waals surface area contributed by atoms with Gasteiger partial charge in [0.1, 0.15) is 0 Å². The summed E-state index contributed by atoms with van der Waals surface area (Å²) < 4.78 is 63.7. The van der Waals surface area contributed by atoms with Crippen LogP contribution in [0.2, 0.25) is 0 Å². The first-order chi connectivity index (χ1) is 15.4. The zero-order chi connectivity index (χ0) is 24.1. The smallest absolute Gasteiger partial charge is 0.493 e. The summed E-state index contributed by atoms with van der Waals surface area (Å²) in [6, 6.07) is 12.8. The number of aromatic hydroxyl groups is 1. The maximum atomic E-state index is 13.1. The highest BCUT2D eigenvalue weighted by Gasteiger charge is 2.46. The fourth-order valence-corrected chi connectivity index (χ4v) is 4.42. The van der Waals surface area contributed by atoms with Gasteiger partial charge in [0.2, 0.25) is 5.88 Å². The first-order valence-electron chi connectivity index (χ1n) is 9.70. The Labute approximate surface area is 186 Å². The van der Waals surface area contributed by atoms with Crippen LogP contribution in [0.3, 0.4) is 0 Å². The first-order valence-corrected chi connectivity index (χ1v) is 11.2. The molecule has 0 saturated heterocycles. The summed E-state index contributed by atoms with van der Waals surface area (Å²) in [6.45, 7) is 3.48. The average Bonchev–Trinajstić information content (AvgIpc) is 2.96. The Morgan fingerprint density at radius 1 is 1.03 bits per heavy atom. The molecule has 0 unspecified atom stereocenters. The lowest BCUT2D eigenvalue weighted by Gasteiger charge is -2.09. The molecule has 4 rings (SSSR count). The summed E-state index contributed by atoms with van der Waals surface area (Å²) in [6.07, 6.45) is 0. The molecule has 11 heteroatoms. The summed E-state index contributed by atoms with van der Waals surface area (Å²) in [5.41, 5.74) is -3.51. The van der Waals surface area contributed by atoms with Crippen LogP contribution in [0.4, 0.5) is 13.2 Å². The van der Waals surface area contributed by atoms with E-state index in [0.29, 0.717) is 0 Å². The number of hydrogen-bond donors (Lipinski definition) is 1. The van der Waals surface area contributed by atoms with Crippen molar-refractivity contribution in [1.29, 1.82) is 0 Å². The zero-order valence-corrected chi connectivity index (χ0v) is 18.3. The molecule has 4 aromatic rings. The van der Waals surface area contributed by atoms with Crippen molar-refractivity contribution < 1.29 is 26.7 Å². The topological polar surface area (TPSA) is 94.2 Å². The molecule has 7 nitrogen and oxygen atoms in total. The van der Waals surface area contributed by atoms with Crippen LogP contribution in [0.5, 0.6) is 5.88 Å². The fraction of sp³-hybridized carbons (Fsp3) is 0.182. The first kappa shape index (κ1) is 22.6. The van der Waals surface area contributed by atoms with Crippen LogP contribution < -0.4 is 5.69 Å². The minimum Gasteiger partial charge on any atom is -0.493 e. The van der Waals surface area contributed by atoms with Crippen LogP contribution in [-0.4, -0.2) is 33.2 Å². The Bertz CT molecular complexity index is 1540. The van der Waals surface area contributed by atoms with Crippen LogP contribution in [0.15, 0.2) is 64.3 Å². The van der Waals surface area contributed by atoms with Gasteiger partial charge in [-0.3, -0.25) is 9.55 Å². The number of aromatic nitrogens is 3. The molecule has 0 fully saturated rings. The van der Waals surface area contributed by atoms with E-state index in [1.54, 1.807) is 0 Å². The highest BCUT2D eigenvalue weighted by atomic mass is 32.2. The van der Waals surface area contributed by atoms with Gasteiger partial charge < -0.3 is 5.11 Å². The van der Waals surface area contributed by atoms with E-state index in [9.17, 15) is 31.5 Å². The highest BCUT2D eigenvalue weighted by Crippen LogP contribution is 2.31. The average molecular weight is 477 g/mol. The Balaban J connectivity index is 1.79.